The van der Waals surface area contributed by atoms with Gasteiger partial charge in [-0.2, -0.15) is 5.10 Å². The molecule has 0 radical (unpaired) electrons. The van der Waals surface area contributed by atoms with Crippen LogP contribution in [0.3, 0.4) is 0 Å². The standard InChI is InChI=1S/C23H35N7O2Si/c1-33(2,3)11-10-32-16-30-21-20(26-15-27-22(21)24)23(28-30)25-12-19(31)14-29-9-8-17-6-4-5-7-18(17)13-29/h4-7,15,19,31H,8-14,16H2,1-3H3,(H,25,28)(H2,24,26,27). The lowest BCUT2D eigenvalue weighted by Crippen LogP contribution is -2.39. The molecule has 4 N–H and O–H groups in total. The van der Waals surface area contributed by atoms with Crippen molar-refractivity contribution in [3.8, 4) is 0 Å². The fourth-order valence-corrected chi connectivity index (χ4v) is 4.82. The maximum Gasteiger partial charge on any atom is 0.175 e. The first-order valence-electron chi connectivity index (χ1n) is 11.6. The summed E-state index contributed by atoms with van der Waals surface area (Å²) in [5, 5.41) is 18.5. The van der Waals surface area contributed by atoms with Gasteiger partial charge < -0.3 is 20.9 Å². The van der Waals surface area contributed by atoms with Crippen molar-refractivity contribution >= 4 is 30.7 Å². The zero-order chi connectivity index (χ0) is 23.4. The number of nitrogen functional groups attached to an aromatic ring is 1. The van der Waals surface area contributed by atoms with Crippen LogP contribution >= 0.6 is 0 Å². The molecule has 2 aromatic heterocycles. The van der Waals surface area contributed by atoms with E-state index in [1.165, 1.54) is 17.5 Å². The van der Waals surface area contributed by atoms with Crippen LogP contribution in [0.5, 0.6) is 0 Å². The second kappa shape index (κ2) is 10.2. The van der Waals surface area contributed by atoms with E-state index in [9.17, 15) is 5.11 Å². The highest BCUT2D eigenvalue weighted by Gasteiger charge is 2.20. The van der Waals surface area contributed by atoms with E-state index in [-0.39, 0.29) is 6.73 Å². The van der Waals surface area contributed by atoms with E-state index in [1.54, 1.807) is 4.68 Å². The molecule has 0 amide bonds. The van der Waals surface area contributed by atoms with Crippen LogP contribution in [0.1, 0.15) is 11.1 Å². The van der Waals surface area contributed by atoms with Crippen molar-refractivity contribution in [2.45, 2.75) is 51.5 Å². The largest absolute Gasteiger partial charge is 0.390 e. The molecule has 0 saturated carbocycles. The predicted octanol–water partition coefficient (Wildman–Crippen LogP) is 2.55. The Morgan fingerprint density at radius 2 is 2.00 bits per heavy atom. The van der Waals surface area contributed by atoms with Crippen LogP contribution in [0.4, 0.5) is 11.6 Å². The highest BCUT2D eigenvalue weighted by atomic mass is 28.3. The van der Waals surface area contributed by atoms with Gasteiger partial charge in [0.05, 0.1) is 6.10 Å². The number of nitrogens with zero attached hydrogens (tertiary/aromatic N) is 5. The Bertz CT molecular complexity index is 1080. The summed E-state index contributed by atoms with van der Waals surface area (Å²) in [4.78, 5) is 10.8. The maximum atomic E-state index is 10.7. The average molecular weight is 470 g/mol. The number of aliphatic hydroxyl groups excluding tert-OH is 1. The molecule has 1 aromatic carbocycles. The van der Waals surface area contributed by atoms with E-state index in [1.807, 2.05) is 0 Å². The number of rotatable bonds is 10. The van der Waals surface area contributed by atoms with Crippen LogP contribution < -0.4 is 11.1 Å². The molecule has 0 bridgehead atoms. The van der Waals surface area contributed by atoms with Gasteiger partial charge in [-0.1, -0.05) is 43.9 Å². The first-order chi connectivity index (χ1) is 15.8. The third-order valence-corrected chi connectivity index (χ3v) is 7.65. The molecule has 0 spiro atoms. The smallest absolute Gasteiger partial charge is 0.175 e. The molecule has 3 aromatic rings. The topological polar surface area (TPSA) is 114 Å². The molecule has 10 heteroatoms. The fourth-order valence-electron chi connectivity index (χ4n) is 4.07. The lowest BCUT2D eigenvalue weighted by molar-refractivity contribution is 0.0818. The number of hydrogen-bond acceptors (Lipinski definition) is 8. The summed E-state index contributed by atoms with van der Waals surface area (Å²) in [6.07, 6.45) is 1.91. The predicted molar refractivity (Wildman–Crippen MR) is 134 cm³/mol. The molecule has 4 rings (SSSR count). The summed E-state index contributed by atoms with van der Waals surface area (Å²) in [5.41, 5.74) is 10.1. The summed E-state index contributed by atoms with van der Waals surface area (Å²) >= 11 is 0. The zero-order valence-corrected chi connectivity index (χ0v) is 20.8. The van der Waals surface area contributed by atoms with Gasteiger partial charge >= 0.3 is 0 Å². The molecule has 0 fully saturated rings. The molecule has 1 atom stereocenters. The minimum absolute atomic E-state index is 0.288. The first kappa shape index (κ1) is 23.6. The van der Waals surface area contributed by atoms with Gasteiger partial charge in [0.25, 0.3) is 0 Å². The highest BCUT2D eigenvalue weighted by Crippen LogP contribution is 2.24. The van der Waals surface area contributed by atoms with E-state index < -0.39 is 14.2 Å². The minimum atomic E-state index is -1.17. The number of benzene rings is 1. The number of aromatic nitrogens is 4. The molecule has 33 heavy (non-hydrogen) atoms. The van der Waals surface area contributed by atoms with Gasteiger partial charge in [-0.05, 0) is 23.6 Å². The van der Waals surface area contributed by atoms with E-state index in [0.29, 0.717) is 42.4 Å². The number of aliphatic hydroxyl groups is 1. The van der Waals surface area contributed by atoms with Crippen molar-refractivity contribution in [2.75, 3.05) is 37.3 Å². The van der Waals surface area contributed by atoms with Gasteiger partial charge in [0.15, 0.2) is 11.6 Å². The number of anilines is 2. The van der Waals surface area contributed by atoms with Gasteiger partial charge in [0.1, 0.15) is 24.1 Å². The van der Waals surface area contributed by atoms with E-state index >= 15 is 0 Å². The number of β-amino-alcohol motifs (C(OH)–C–C–N with tert-alkyl or cyclic N) is 1. The van der Waals surface area contributed by atoms with Crippen LogP contribution in [0.15, 0.2) is 30.6 Å². The second-order valence-electron chi connectivity index (χ2n) is 9.94. The number of nitrogens with two attached hydrogens (primary N) is 1. The Morgan fingerprint density at radius 3 is 2.79 bits per heavy atom. The number of ether oxygens (including phenoxy) is 1. The number of fused-ring (bicyclic) bond motifs is 2. The van der Waals surface area contributed by atoms with Gasteiger partial charge in [0.2, 0.25) is 0 Å². The van der Waals surface area contributed by atoms with Crippen molar-refractivity contribution in [1.82, 2.24) is 24.6 Å². The summed E-state index contributed by atoms with van der Waals surface area (Å²) < 4.78 is 7.57. The van der Waals surface area contributed by atoms with Crippen LogP contribution in [0.25, 0.3) is 11.0 Å². The Kier molecular flexibility index (Phi) is 7.28. The average Bonchev–Trinajstić information content (AvgIpc) is 3.13. The lowest BCUT2D eigenvalue weighted by Gasteiger charge is -2.30. The third-order valence-electron chi connectivity index (χ3n) is 5.95. The van der Waals surface area contributed by atoms with Crippen LogP contribution in [-0.4, -0.2) is 70.2 Å². The Hall–Kier alpha value is -2.53. The molecule has 1 aliphatic heterocycles. The van der Waals surface area contributed by atoms with E-state index in [0.717, 1.165) is 25.6 Å². The molecular weight excluding hydrogens is 434 g/mol. The lowest BCUT2D eigenvalue weighted by atomic mass is 10.00. The molecule has 1 unspecified atom stereocenters. The van der Waals surface area contributed by atoms with Crippen molar-refractivity contribution in [2.24, 2.45) is 0 Å². The molecule has 178 valence electrons. The molecule has 3 heterocycles. The van der Waals surface area contributed by atoms with Crippen molar-refractivity contribution in [3.63, 3.8) is 0 Å². The van der Waals surface area contributed by atoms with Crippen molar-refractivity contribution in [1.29, 1.82) is 0 Å². The molecule has 0 saturated heterocycles. The SMILES string of the molecule is C[Si](C)(C)CCOCn1nc(NCC(O)CN2CCc3ccccc3C2)c2ncnc(N)c21. The quantitative estimate of drug-likeness (QED) is 0.307. The fraction of sp³-hybridized carbons (Fsp3) is 0.522. The molecule has 9 nitrogen and oxygen atoms in total. The van der Waals surface area contributed by atoms with Crippen molar-refractivity contribution < 1.29 is 9.84 Å². The monoisotopic (exact) mass is 469 g/mol. The summed E-state index contributed by atoms with van der Waals surface area (Å²) in [6.45, 7) is 10.7. The Morgan fingerprint density at radius 1 is 1.21 bits per heavy atom. The van der Waals surface area contributed by atoms with Gasteiger partial charge in [0, 0.05) is 40.9 Å². The molecular formula is C23H35N7O2Si. The van der Waals surface area contributed by atoms with Gasteiger partial charge in [-0.3, -0.25) is 4.90 Å². The first-order valence-corrected chi connectivity index (χ1v) is 15.3. The van der Waals surface area contributed by atoms with E-state index in [2.05, 4.69) is 69.2 Å². The number of hydrogen-bond donors (Lipinski definition) is 3. The summed E-state index contributed by atoms with van der Waals surface area (Å²) in [5.74, 6) is 0.942. The molecule has 1 aliphatic rings. The summed E-state index contributed by atoms with van der Waals surface area (Å²) in [6, 6.07) is 9.60. The third kappa shape index (κ3) is 6.08. The maximum absolute atomic E-state index is 10.7. The summed E-state index contributed by atoms with van der Waals surface area (Å²) in [7, 11) is -1.17. The second-order valence-corrected chi connectivity index (χ2v) is 15.6. The van der Waals surface area contributed by atoms with Crippen LogP contribution in [0.2, 0.25) is 25.7 Å². The van der Waals surface area contributed by atoms with Crippen LogP contribution in [0, 0.1) is 0 Å². The van der Waals surface area contributed by atoms with Gasteiger partial charge in [-0.15, -0.1) is 0 Å². The zero-order valence-electron chi connectivity index (χ0n) is 19.8. The van der Waals surface area contributed by atoms with E-state index in [4.69, 9.17) is 10.5 Å². The highest BCUT2D eigenvalue weighted by molar-refractivity contribution is 6.76. The Balaban J connectivity index is 1.36. The van der Waals surface area contributed by atoms with Gasteiger partial charge in [-0.25, -0.2) is 14.6 Å². The minimum Gasteiger partial charge on any atom is -0.390 e. The Labute approximate surface area is 196 Å². The van der Waals surface area contributed by atoms with Crippen LogP contribution in [-0.2, 0) is 24.4 Å². The number of nitrogens with one attached hydrogen (secondary N) is 1. The van der Waals surface area contributed by atoms with Crippen molar-refractivity contribution in [3.05, 3.63) is 41.7 Å². The molecule has 0 aliphatic carbocycles. The normalized spacial score (nSPS) is 15.5.